The van der Waals surface area contributed by atoms with Crippen molar-refractivity contribution in [2.75, 3.05) is 0 Å². The van der Waals surface area contributed by atoms with E-state index in [0.29, 0.717) is 0 Å². The third-order valence-electron chi connectivity index (χ3n) is 4.23. The molecule has 0 aliphatic heterocycles. The highest BCUT2D eigenvalue weighted by atomic mass is 35.5. The van der Waals surface area contributed by atoms with Crippen LogP contribution >= 0.6 is 23.2 Å². The van der Waals surface area contributed by atoms with E-state index in [-0.39, 0.29) is 5.02 Å². The fraction of sp³-hybridized carbons (Fsp3) is 0.357. The molecule has 5 atom stereocenters. The number of fused-ring (bicyclic) bond motifs is 2. The maximum Gasteiger partial charge on any atom is 0.288 e. The molecule has 2 bridgehead atoms. The Morgan fingerprint density at radius 3 is 2.04 bits per heavy atom. The molecule has 0 saturated heterocycles. The molecule has 0 spiro atoms. The van der Waals surface area contributed by atoms with Crippen molar-refractivity contribution >= 4 is 29.0 Å². The van der Waals surface area contributed by atoms with Crippen LogP contribution in [0.4, 0.5) is 26.3 Å². The predicted molar refractivity (Wildman–Crippen MR) is 70.7 cm³/mol. The number of carbonyl (C=O) groups is 1. The van der Waals surface area contributed by atoms with Gasteiger partial charge in [-0.15, -0.1) is 0 Å². The number of alkyl halides is 5. The SMILES string of the molecule is O=C1[C@@]2(F)C(F)=C(F)[C@](F)([C@@H](F)[C@@H]2c2ccc(Cl)cc2)[C@@]1(F)Cl. The smallest absolute Gasteiger partial charge is 0.288 e. The van der Waals surface area contributed by atoms with Crippen molar-refractivity contribution in [3.05, 3.63) is 46.5 Å². The van der Waals surface area contributed by atoms with Gasteiger partial charge in [-0.2, -0.15) is 0 Å². The molecule has 0 radical (unpaired) electrons. The van der Waals surface area contributed by atoms with Gasteiger partial charge in [-0.05, 0) is 17.7 Å². The van der Waals surface area contributed by atoms with Gasteiger partial charge in [-0.3, -0.25) is 4.79 Å². The van der Waals surface area contributed by atoms with Crippen LogP contribution in [0, 0.1) is 0 Å². The van der Waals surface area contributed by atoms with Gasteiger partial charge in [0, 0.05) is 5.02 Å². The fourth-order valence-electron chi connectivity index (χ4n) is 3.02. The zero-order chi connectivity index (χ0) is 17.4. The minimum Gasteiger partial charge on any atom is -0.290 e. The van der Waals surface area contributed by atoms with E-state index >= 15 is 0 Å². The zero-order valence-corrected chi connectivity index (χ0v) is 12.4. The molecule has 0 unspecified atom stereocenters. The maximum absolute atomic E-state index is 15.0. The molecule has 9 heteroatoms. The molecule has 4 rings (SSSR count). The summed E-state index contributed by atoms with van der Waals surface area (Å²) in [6, 6.07) is 4.28. The summed E-state index contributed by atoms with van der Waals surface area (Å²) in [6.07, 6.45) is -3.27. The van der Waals surface area contributed by atoms with Crippen LogP contribution in [0.5, 0.6) is 0 Å². The number of rotatable bonds is 1. The molecule has 124 valence electrons. The van der Waals surface area contributed by atoms with Gasteiger partial charge < -0.3 is 0 Å². The first-order valence-electron chi connectivity index (χ1n) is 6.27. The molecule has 3 aliphatic carbocycles. The Bertz CT molecular complexity index is 733. The zero-order valence-electron chi connectivity index (χ0n) is 10.9. The van der Waals surface area contributed by atoms with Crippen LogP contribution in [-0.4, -0.2) is 28.4 Å². The molecule has 3 aliphatic rings. The Balaban J connectivity index is 2.31. The van der Waals surface area contributed by atoms with Gasteiger partial charge >= 0.3 is 0 Å². The van der Waals surface area contributed by atoms with Gasteiger partial charge in [0.25, 0.3) is 10.8 Å². The second-order valence-corrected chi connectivity index (χ2v) is 6.34. The van der Waals surface area contributed by atoms with E-state index in [2.05, 4.69) is 0 Å². The Hall–Kier alpha value is -1.21. The van der Waals surface area contributed by atoms with Gasteiger partial charge in [-0.1, -0.05) is 35.3 Å². The number of ketones is 1. The monoisotopic (exact) mass is 374 g/mol. The van der Waals surface area contributed by atoms with E-state index in [1.54, 1.807) is 0 Å². The van der Waals surface area contributed by atoms with Crippen LogP contribution in [0.1, 0.15) is 11.5 Å². The van der Waals surface area contributed by atoms with Crippen LogP contribution in [0.25, 0.3) is 0 Å². The number of hydrogen-bond acceptors (Lipinski definition) is 1. The molecule has 1 aromatic rings. The topological polar surface area (TPSA) is 17.1 Å². The number of benzene rings is 1. The van der Waals surface area contributed by atoms with Crippen LogP contribution in [-0.2, 0) is 4.79 Å². The standard InChI is InChI=1S/C14H6Cl2F6O/c15-6-3-1-5(2-4-6)7-8(17)13(21)10(19)9(18)12(7,20)11(23)14(13,16)22/h1-4,7-8H/t7-,8-,12-,13+,14+/m0/s1. The average Bonchev–Trinajstić information content (AvgIpc) is 2.50. The van der Waals surface area contributed by atoms with Gasteiger partial charge in [-0.25, -0.2) is 26.3 Å². The first kappa shape index (κ1) is 16.6. The van der Waals surface area contributed by atoms with Gasteiger partial charge in [0.15, 0.2) is 17.8 Å². The summed E-state index contributed by atoms with van der Waals surface area (Å²) in [5, 5.41) is -4.26. The number of allylic oxidation sites excluding steroid dienone is 2. The molecule has 0 amide bonds. The van der Waals surface area contributed by atoms with Gasteiger partial charge in [0.05, 0.1) is 5.92 Å². The molecule has 0 N–H and O–H groups in total. The molecule has 1 nitrogen and oxygen atoms in total. The largest absolute Gasteiger partial charge is 0.290 e. The molecule has 1 fully saturated rings. The van der Waals surface area contributed by atoms with Crippen LogP contribution in [0.3, 0.4) is 0 Å². The van der Waals surface area contributed by atoms with E-state index in [9.17, 15) is 31.1 Å². The van der Waals surface area contributed by atoms with E-state index in [1.807, 2.05) is 0 Å². The minimum absolute atomic E-state index is 0.138. The van der Waals surface area contributed by atoms with Gasteiger partial charge in [0.2, 0.25) is 11.5 Å². The first-order valence-corrected chi connectivity index (χ1v) is 7.02. The average molecular weight is 375 g/mol. The Morgan fingerprint density at radius 1 is 1.00 bits per heavy atom. The van der Waals surface area contributed by atoms with Crippen molar-refractivity contribution in [1.29, 1.82) is 0 Å². The van der Waals surface area contributed by atoms with Crippen molar-refractivity contribution in [2.24, 2.45) is 0 Å². The molecular weight excluding hydrogens is 369 g/mol. The van der Waals surface area contributed by atoms with E-state index in [0.717, 1.165) is 24.3 Å². The third-order valence-corrected chi connectivity index (χ3v) is 4.93. The second-order valence-electron chi connectivity index (χ2n) is 5.39. The summed E-state index contributed by atoms with van der Waals surface area (Å²) >= 11 is 10.6. The third kappa shape index (κ3) is 1.70. The lowest BCUT2D eigenvalue weighted by Crippen LogP contribution is -2.74. The van der Waals surface area contributed by atoms with Crippen molar-refractivity contribution in [1.82, 2.24) is 0 Å². The number of carbonyl (C=O) groups excluding carboxylic acids is 1. The molecule has 1 saturated carbocycles. The second kappa shape index (κ2) is 4.66. The van der Waals surface area contributed by atoms with Crippen LogP contribution in [0.2, 0.25) is 5.02 Å². The van der Waals surface area contributed by atoms with E-state index in [4.69, 9.17) is 23.2 Å². The highest BCUT2D eigenvalue weighted by molar-refractivity contribution is 6.38. The minimum atomic E-state index is -4.46. The predicted octanol–water partition coefficient (Wildman–Crippen LogP) is 4.83. The van der Waals surface area contributed by atoms with Gasteiger partial charge in [0.1, 0.15) is 0 Å². The lowest BCUT2D eigenvalue weighted by Gasteiger charge is -2.52. The van der Waals surface area contributed by atoms with E-state index < -0.39 is 51.6 Å². The highest BCUT2D eigenvalue weighted by Gasteiger charge is 2.84. The summed E-state index contributed by atoms with van der Waals surface area (Å²) in [6.45, 7) is 0. The lowest BCUT2D eigenvalue weighted by atomic mass is 9.59. The Morgan fingerprint density at radius 2 is 1.52 bits per heavy atom. The summed E-state index contributed by atoms with van der Waals surface area (Å²) in [5.41, 5.74) is -8.95. The van der Waals surface area contributed by atoms with Crippen LogP contribution < -0.4 is 0 Å². The first-order chi connectivity index (χ1) is 10.5. The summed E-state index contributed by atoms with van der Waals surface area (Å²) in [5.74, 6) is -10.1. The summed E-state index contributed by atoms with van der Waals surface area (Å²) in [7, 11) is 0. The van der Waals surface area contributed by atoms with Crippen molar-refractivity contribution in [2.45, 2.75) is 28.6 Å². The molecule has 0 heterocycles. The normalized spacial score (nSPS) is 43.2. The summed E-state index contributed by atoms with van der Waals surface area (Å²) in [4.78, 5) is 11.8. The van der Waals surface area contributed by atoms with Crippen molar-refractivity contribution in [3.63, 3.8) is 0 Å². The molecular formula is C14H6Cl2F6O. The highest BCUT2D eigenvalue weighted by Crippen LogP contribution is 2.65. The lowest BCUT2D eigenvalue weighted by molar-refractivity contribution is -0.174. The number of Topliss-reactive ketones (excluding diaryl/α,β-unsaturated/α-hetero) is 1. The molecule has 1 aromatic carbocycles. The number of hydrogen-bond donors (Lipinski definition) is 0. The van der Waals surface area contributed by atoms with Crippen molar-refractivity contribution < 1.29 is 31.1 Å². The fourth-order valence-corrected chi connectivity index (χ4v) is 3.47. The Kier molecular flexibility index (Phi) is 3.37. The molecule has 0 aromatic heterocycles. The van der Waals surface area contributed by atoms with Crippen molar-refractivity contribution in [3.8, 4) is 0 Å². The van der Waals surface area contributed by atoms with E-state index in [1.165, 1.54) is 0 Å². The maximum atomic E-state index is 15.0. The number of halogens is 8. The quantitative estimate of drug-likeness (QED) is 0.508. The molecule has 23 heavy (non-hydrogen) atoms. The Labute approximate surface area is 135 Å². The van der Waals surface area contributed by atoms with Crippen LogP contribution in [0.15, 0.2) is 35.9 Å². The summed E-state index contributed by atoms with van der Waals surface area (Å²) < 4.78 is 85.8.